The summed E-state index contributed by atoms with van der Waals surface area (Å²) in [7, 11) is 1.79. The lowest BCUT2D eigenvalue weighted by Gasteiger charge is -2.44. The molecule has 2 fully saturated rings. The van der Waals surface area contributed by atoms with Crippen molar-refractivity contribution in [3.05, 3.63) is 0 Å². The van der Waals surface area contributed by atoms with Crippen molar-refractivity contribution >= 4 is 0 Å². The Morgan fingerprint density at radius 2 is 2.00 bits per heavy atom. The number of piperidine rings is 1. The maximum absolute atomic E-state index is 5.67. The summed E-state index contributed by atoms with van der Waals surface area (Å²) in [6.07, 6.45) is 5.79. The predicted octanol–water partition coefficient (Wildman–Crippen LogP) is 1.89. The van der Waals surface area contributed by atoms with Crippen LogP contribution in [-0.4, -0.2) is 63.0 Å². The van der Waals surface area contributed by atoms with E-state index < -0.39 is 0 Å². The minimum Gasteiger partial charge on any atom is -0.377 e. The van der Waals surface area contributed by atoms with E-state index in [0.29, 0.717) is 18.1 Å². The lowest BCUT2D eigenvalue weighted by atomic mass is 9.85. The average molecular weight is 284 g/mol. The normalized spacial score (nSPS) is 32.9. The van der Waals surface area contributed by atoms with Crippen molar-refractivity contribution in [2.75, 3.05) is 39.9 Å². The minimum absolute atomic E-state index is 0.233. The van der Waals surface area contributed by atoms with Crippen LogP contribution >= 0.6 is 0 Å². The fourth-order valence-corrected chi connectivity index (χ4v) is 3.47. The first-order chi connectivity index (χ1) is 9.74. The molecule has 4 heteroatoms. The zero-order chi connectivity index (χ0) is 14.4. The van der Waals surface area contributed by atoms with E-state index in [1.807, 2.05) is 6.92 Å². The van der Waals surface area contributed by atoms with Crippen molar-refractivity contribution in [3.8, 4) is 0 Å². The summed E-state index contributed by atoms with van der Waals surface area (Å²) < 4.78 is 11.2. The third kappa shape index (κ3) is 4.42. The Bertz CT molecular complexity index is 269. The molecule has 0 aromatic heterocycles. The van der Waals surface area contributed by atoms with Crippen LogP contribution in [0.1, 0.15) is 39.5 Å². The molecule has 0 spiro atoms. The van der Waals surface area contributed by atoms with Gasteiger partial charge in [-0.05, 0) is 51.7 Å². The Morgan fingerprint density at radius 3 is 2.65 bits per heavy atom. The van der Waals surface area contributed by atoms with Crippen LogP contribution in [0.15, 0.2) is 0 Å². The molecule has 1 aliphatic heterocycles. The van der Waals surface area contributed by atoms with Gasteiger partial charge in [0, 0.05) is 26.3 Å². The molecule has 4 nitrogen and oxygen atoms in total. The summed E-state index contributed by atoms with van der Waals surface area (Å²) in [6.45, 7) is 10.1. The molecule has 0 radical (unpaired) electrons. The topological polar surface area (TPSA) is 33.7 Å². The molecule has 0 bridgehead atoms. The fraction of sp³-hybridized carbons (Fsp3) is 1.00. The Labute approximate surface area is 124 Å². The van der Waals surface area contributed by atoms with Crippen LogP contribution in [0.25, 0.3) is 0 Å². The van der Waals surface area contributed by atoms with Gasteiger partial charge in [0.25, 0.3) is 0 Å². The monoisotopic (exact) mass is 284 g/mol. The second-order valence-corrected chi connectivity index (χ2v) is 6.41. The molecule has 4 atom stereocenters. The highest BCUT2D eigenvalue weighted by Crippen LogP contribution is 2.27. The predicted molar refractivity (Wildman–Crippen MR) is 82.1 cm³/mol. The first-order valence-corrected chi connectivity index (χ1v) is 8.34. The highest BCUT2D eigenvalue weighted by molar-refractivity contribution is 4.97. The molecule has 1 saturated heterocycles. The van der Waals surface area contributed by atoms with E-state index in [2.05, 4.69) is 17.1 Å². The number of likely N-dealkylation sites (tertiary alicyclic amines) is 1. The summed E-state index contributed by atoms with van der Waals surface area (Å²) in [4.78, 5) is 2.62. The molecule has 0 amide bonds. The van der Waals surface area contributed by atoms with Gasteiger partial charge in [0.05, 0.1) is 12.2 Å². The van der Waals surface area contributed by atoms with Crippen molar-refractivity contribution in [2.24, 2.45) is 5.92 Å². The van der Waals surface area contributed by atoms with Gasteiger partial charge in [-0.25, -0.2) is 0 Å². The van der Waals surface area contributed by atoms with Crippen LogP contribution in [0, 0.1) is 5.92 Å². The molecular weight excluding hydrogens is 252 g/mol. The van der Waals surface area contributed by atoms with Gasteiger partial charge in [-0.15, -0.1) is 0 Å². The number of rotatable bonds is 8. The summed E-state index contributed by atoms with van der Waals surface area (Å²) in [6, 6.07) is 0.473. The third-order valence-corrected chi connectivity index (χ3v) is 4.65. The van der Waals surface area contributed by atoms with E-state index in [0.717, 1.165) is 19.6 Å². The molecule has 0 aromatic carbocycles. The zero-order valence-corrected chi connectivity index (χ0v) is 13.4. The van der Waals surface area contributed by atoms with E-state index in [1.165, 1.54) is 38.9 Å². The fourth-order valence-electron chi connectivity index (χ4n) is 3.47. The highest BCUT2D eigenvalue weighted by Gasteiger charge is 2.41. The smallest absolute Gasteiger partial charge is 0.0986 e. The molecular formula is C16H32N2O2. The van der Waals surface area contributed by atoms with Crippen LogP contribution in [0.3, 0.4) is 0 Å². The third-order valence-electron chi connectivity index (χ3n) is 4.65. The Morgan fingerprint density at radius 1 is 1.25 bits per heavy atom. The van der Waals surface area contributed by atoms with Crippen molar-refractivity contribution in [1.29, 1.82) is 0 Å². The Kier molecular flexibility index (Phi) is 6.75. The largest absolute Gasteiger partial charge is 0.377 e. The molecule has 1 heterocycles. The van der Waals surface area contributed by atoms with Crippen LogP contribution in [0.4, 0.5) is 0 Å². The molecule has 2 rings (SSSR count). The van der Waals surface area contributed by atoms with Gasteiger partial charge in [-0.2, -0.15) is 0 Å². The first-order valence-electron chi connectivity index (χ1n) is 8.34. The van der Waals surface area contributed by atoms with Gasteiger partial charge in [0.2, 0.25) is 0 Å². The Balaban J connectivity index is 1.62. The number of hydrogen-bond donors (Lipinski definition) is 1. The first kappa shape index (κ1) is 16.2. The summed E-state index contributed by atoms with van der Waals surface area (Å²) in [5.74, 6) is 0.705. The summed E-state index contributed by atoms with van der Waals surface area (Å²) in [5, 5.41) is 3.67. The standard InChI is InChI=1S/C16H32N2O2/c1-4-20-15-10-14(16(15)19-3)17-11-13(2)12-18-8-6-5-7-9-18/h13-17H,4-12H2,1-3H3. The number of nitrogens with one attached hydrogen (secondary N) is 1. The van der Waals surface area contributed by atoms with Crippen molar-refractivity contribution in [2.45, 2.75) is 57.8 Å². The number of ether oxygens (including phenoxy) is 2. The lowest BCUT2D eigenvalue weighted by molar-refractivity contribution is -0.131. The van der Waals surface area contributed by atoms with Crippen molar-refractivity contribution in [3.63, 3.8) is 0 Å². The van der Waals surface area contributed by atoms with Gasteiger partial charge < -0.3 is 19.7 Å². The molecule has 4 unspecified atom stereocenters. The summed E-state index contributed by atoms with van der Waals surface area (Å²) in [5.41, 5.74) is 0. The zero-order valence-electron chi connectivity index (χ0n) is 13.4. The Hall–Kier alpha value is -0.160. The lowest BCUT2D eigenvalue weighted by Crippen LogP contribution is -2.60. The number of nitrogens with zero attached hydrogens (tertiary/aromatic N) is 1. The minimum atomic E-state index is 0.233. The quantitative estimate of drug-likeness (QED) is 0.738. The van der Waals surface area contributed by atoms with Gasteiger partial charge in [0.1, 0.15) is 0 Å². The van der Waals surface area contributed by atoms with E-state index in [1.54, 1.807) is 7.11 Å². The van der Waals surface area contributed by atoms with E-state index in [9.17, 15) is 0 Å². The maximum Gasteiger partial charge on any atom is 0.0986 e. The van der Waals surface area contributed by atoms with Crippen LogP contribution < -0.4 is 5.32 Å². The SMILES string of the molecule is CCOC1CC(NCC(C)CN2CCCCC2)C1OC. The molecule has 2 aliphatic rings. The molecule has 0 aromatic rings. The molecule has 118 valence electrons. The maximum atomic E-state index is 5.67. The number of methoxy groups -OCH3 is 1. The highest BCUT2D eigenvalue weighted by atomic mass is 16.5. The van der Waals surface area contributed by atoms with Crippen molar-refractivity contribution < 1.29 is 9.47 Å². The summed E-state index contributed by atoms with van der Waals surface area (Å²) >= 11 is 0. The number of hydrogen-bond acceptors (Lipinski definition) is 4. The van der Waals surface area contributed by atoms with Crippen LogP contribution in [0.2, 0.25) is 0 Å². The van der Waals surface area contributed by atoms with E-state index >= 15 is 0 Å². The second kappa shape index (κ2) is 8.32. The molecule has 1 N–H and O–H groups in total. The van der Waals surface area contributed by atoms with Crippen LogP contribution in [-0.2, 0) is 9.47 Å². The molecule has 20 heavy (non-hydrogen) atoms. The van der Waals surface area contributed by atoms with Crippen LogP contribution in [0.5, 0.6) is 0 Å². The average Bonchev–Trinajstić information content (AvgIpc) is 2.43. The molecule has 1 saturated carbocycles. The van der Waals surface area contributed by atoms with Gasteiger partial charge in [0.15, 0.2) is 0 Å². The van der Waals surface area contributed by atoms with Gasteiger partial charge in [-0.1, -0.05) is 13.3 Å². The van der Waals surface area contributed by atoms with Gasteiger partial charge in [-0.3, -0.25) is 0 Å². The van der Waals surface area contributed by atoms with Crippen molar-refractivity contribution in [1.82, 2.24) is 10.2 Å². The van der Waals surface area contributed by atoms with E-state index in [-0.39, 0.29) is 6.10 Å². The van der Waals surface area contributed by atoms with E-state index in [4.69, 9.17) is 9.47 Å². The van der Waals surface area contributed by atoms with Gasteiger partial charge >= 0.3 is 0 Å². The molecule has 1 aliphatic carbocycles. The second-order valence-electron chi connectivity index (χ2n) is 6.41.